The molecule has 0 saturated heterocycles. The van der Waals surface area contributed by atoms with E-state index in [4.69, 9.17) is 9.84 Å². The maximum absolute atomic E-state index is 12.8. The topological polar surface area (TPSA) is 84.9 Å². The van der Waals surface area contributed by atoms with Crippen LogP contribution in [0.5, 0.6) is 5.75 Å². The molecule has 0 aliphatic rings. The molecule has 0 bridgehead atoms. The van der Waals surface area contributed by atoms with Crippen molar-refractivity contribution in [2.45, 2.75) is 13.0 Å². The van der Waals surface area contributed by atoms with Crippen molar-refractivity contribution >= 4 is 11.9 Å². The normalized spacial score (nSPS) is 11.7. The lowest BCUT2D eigenvalue weighted by molar-refractivity contribution is -0.151. The number of nitrogens with one attached hydrogen (secondary N) is 1. The van der Waals surface area contributed by atoms with Crippen LogP contribution in [-0.2, 0) is 14.4 Å². The van der Waals surface area contributed by atoms with Crippen molar-refractivity contribution in [1.82, 2.24) is 5.48 Å². The SMILES string of the molecule is CC(Oc1cccc(F)c1)C(=O)NOCC(=O)O. The fourth-order valence-corrected chi connectivity index (χ4v) is 1.05. The van der Waals surface area contributed by atoms with E-state index in [0.29, 0.717) is 0 Å². The van der Waals surface area contributed by atoms with E-state index in [-0.39, 0.29) is 5.75 Å². The van der Waals surface area contributed by atoms with Crippen LogP contribution in [0.3, 0.4) is 0 Å². The Morgan fingerprint density at radius 3 is 2.83 bits per heavy atom. The number of benzene rings is 1. The number of amides is 1. The lowest BCUT2D eigenvalue weighted by atomic mass is 10.3. The molecule has 0 heterocycles. The van der Waals surface area contributed by atoms with E-state index in [1.807, 2.05) is 5.48 Å². The van der Waals surface area contributed by atoms with Crippen LogP contribution in [0.1, 0.15) is 6.92 Å². The molecule has 0 spiro atoms. The first-order valence-corrected chi connectivity index (χ1v) is 5.04. The van der Waals surface area contributed by atoms with Gasteiger partial charge in [-0.1, -0.05) is 6.07 Å². The molecule has 0 radical (unpaired) electrons. The summed E-state index contributed by atoms with van der Waals surface area (Å²) >= 11 is 0. The summed E-state index contributed by atoms with van der Waals surface area (Å²) in [5.41, 5.74) is 1.91. The van der Waals surface area contributed by atoms with Crippen LogP contribution < -0.4 is 10.2 Å². The summed E-state index contributed by atoms with van der Waals surface area (Å²) in [6.45, 7) is 0.767. The minimum atomic E-state index is -1.21. The van der Waals surface area contributed by atoms with Gasteiger partial charge in [0.2, 0.25) is 0 Å². The molecular weight excluding hydrogens is 245 g/mol. The second-order valence-electron chi connectivity index (χ2n) is 3.37. The Morgan fingerprint density at radius 1 is 1.50 bits per heavy atom. The summed E-state index contributed by atoms with van der Waals surface area (Å²) in [6.07, 6.45) is -0.944. The van der Waals surface area contributed by atoms with Crippen molar-refractivity contribution in [3.8, 4) is 5.75 Å². The fraction of sp³-hybridized carbons (Fsp3) is 0.273. The van der Waals surface area contributed by atoms with Crippen LogP contribution in [0.2, 0.25) is 0 Å². The number of rotatable bonds is 6. The van der Waals surface area contributed by atoms with Gasteiger partial charge in [0.05, 0.1) is 0 Å². The average Bonchev–Trinajstić information content (AvgIpc) is 2.28. The van der Waals surface area contributed by atoms with Gasteiger partial charge in [-0.3, -0.25) is 9.63 Å². The fourth-order valence-electron chi connectivity index (χ4n) is 1.05. The molecule has 1 rings (SSSR count). The van der Waals surface area contributed by atoms with Gasteiger partial charge in [-0.15, -0.1) is 0 Å². The number of carbonyl (C=O) groups is 2. The third-order valence-electron chi connectivity index (χ3n) is 1.85. The number of hydrogen-bond donors (Lipinski definition) is 2. The number of hydrogen-bond acceptors (Lipinski definition) is 4. The number of carbonyl (C=O) groups excluding carboxylic acids is 1. The summed E-state index contributed by atoms with van der Waals surface area (Å²) in [4.78, 5) is 25.9. The molecule has 2 N–H and O–H groups in total. The average molecular weight is 257 g/mol. The molecule has 6 nitrogen and oxygen atoms in total. The summed E-state index contributed by atoms with van der Waals surface area (Å²) in [5.74, 6) is -2.17. The zero-order valence-electron chi connectivity index (χ0n) is 9.55. The van der Waals surface area contributed by atoms with Crippen molar-refractivity contribution < 1.29 is 28.7 Å². The zero-order chi connectivity index (χ0) is 13.5. The van der Waals surface area contributed by atoms with Crippen LogP contribution in [-0.4, -0.2) is 29.7 Å². The molecule has 0 aliphatic heterocycles. The van der Waals surface area contributed by atoms with E-state index in [1.54, 1.807) is 0 Å². The number of carboxylic acids is 1. The van der Waals surface area contributed by atoms with Gasteiger partial charge in [0.1, 0.15) is 11.6 Å². The second-order valence-corrected chi connectivity index (χ2v) is 3.37. The molecule has 18 heavy (non-hydrogen) atoms. The first kappa shape index (κ1) is 13.9. The highest BCUT2D eigenvalue weighted by Crippen LogP contribution is 2.13. The lowest BCUT2D eigenvalue weighted by Crippen LogP contribution is -2.37. The van der Waals surface area contributed by atoms with Gasteiger partial charge in [-0.2, -0.15) is 0 Å². The molecule has 0 saturated carbocycles. The number of ether oxygens (including phenoxy) is 1. The Balaban J connectivity index is 2.42. The Bertz CT molecular complexity index is 437. The molecule has 0 aromatic heterocycles. The van der Waals surface area contributed by atoms with Crippen LogP contribution in [0.25, 0.3) is 0 Å². The molecule has 1 atom stereocenters. The van der Waals surface area contributed by atoms with Crippen LogP contribution in [0, 0.1) is 5.82 Å². The minimum absolute atomic E-state index is 0.191. The molecular formula is C11H12FNO5. The smallest absolute Gasteiger partial charge is 0.332 e. The maximum atomic E-state index is 12.8. The highest BCUT2D eigenvalue weighted by molar-refractivity contribution is 5.79. The van der Waals surface area contributed by atoms with Gasteiger partial charge in [-0.05, 0) is 19.1 Å². The second kappa shape index (κ2) is 6.55. The lowest BCUT2D eigenvalue weighted by Gasteiger charge is -2.13. The van der Waals surface area contributed by atoms with Crippen molar-refractivity contribution in [3.05, 3.63) is 30.1 Å². The molecule has 0 fully saturated rings. The zero-order valence-corrected chi connectivity index (χ0v) is 9.55. The number of aliphatic carboxylic acids is 1. The summed E-state index contributed by atoms with van der Waals surface area (Å²) < 4.78 is 18.0. The Hall–Kier alpha value is -2.15. The van der Waals surface area contributed by atoms with E-state index in [0.717, 1.165) is 6.07 Å². The monoisotopic (exact) mass is 257 g/mol. The van der Waals surface area contributed by atoms with Crippen molar-refractivity contribution in [2.75, 3.05) is 6.61 Å². The van der Waals surface area contributed by atoms with Crippen molar-refractivity contribution in [3.63, 3.8) is 0 Å². The molecule has 1 amide bonds. The quantitative estimate of drug-likeness (QED) is 0.734. The summed E-state index contributed by atoms with van der Waals surface area (Å²) in [6, 6.07) is 5.30. The van der Waals surface area contributed by atoms with Crippen molar-refractivity contribution in [2.24, 2.45) is 0 Å². The van der Waals surface area contributed by atoms with Gasteiger partial charge in [0.25, 0.3) is 5.91 Å². The van der Waals surface area contributed by atoms with E-state index < -0.39 is 30.4 Å². The van der Waals surface area contributed by atoms with Gasteiger partial charge >= 0.3 is 5.97 Å². The highest BCUT2D eigenvalue weighted by atomic mass is 19.1. The Kier molecular flexibility index (Phi) is 5.06. The Labute approximate surface area is 102 Å². The van der Waals surface area contributed by atoms with Crippen molar-refractivity contribution in [1.29, 1.82) is 0 Å². The maximum Gasteiger partial charge on any atom is 0.332 e. The predicted octanol–water partition coefficient (Wildman–Crippen LogP) is 0.725. The third-order valence-corrected chi connectivity index (χ3v) is 1.85. The predicted molar refractivity (Wildman–Crippen MR) is 58.2 cm³/mol. The highest BCUT2D eigenvalue weighted by Gasteiger charge is 2.15. The molecule has 98 valence electrons. The third kappa shape index (κ3) is 4.79. The largest absolute Gasteiger partial charge is 0.481 e. The first-order valence-electron chi connectivity index (χ1n) is 5.04. The van der Waals surface area contributed by atoms with Gasteiger partial charge in [-0.25, -0.2) is 14.7 Å². The van der Waals surface area contributed by atoms with Gasteiger partial charge < -0.3 is 9.84 Å². The van der Waals surface area contributed by atoms with Crippen LogP contribution in [0.4, 0.5) is 4.39 Å². The van der Waals surface area contributed by atoms with E-state index in [2.05, 4.69) is 4.84 Å². The number of halogens is 1. The summed E-state index contributed by atoms with van der Waals surface area (Å²) in [5, 5.41) is 8.28. The standard InChI is InChI=1S/C11H12FNO5/c1-7(11(16)13-17-6-10(14)15)18-9-4-2-3-8(12)5-9/h2-5,7H,6H2,1H3,(H,13,16)(H,14,15). The number of hydroxylamine groups is 1. The molecule has 7 heteroatoms. The summed E-state index contributed by atoms with van der Waals surface area (Å²) in [7, 11) is 0. The van der Waals surface area contributed by atoms with Gasteiger partial charge in [0.15, 0.2) is 12.7 Å². The van der Waals surface area contributed by atoms with Crippen LogP contribution in [0.15, 0.2) is 24.3 Å². The minimum Gasteiger partial charge on any atom is -0.481 e. The number of carboxylic acid groups (broad SMARTS) is 1. The molecule has 1 unspecified atom stereocenters. The molecule has 1 aromatic carbocycles. The molecule has 0 aliphatic carbocycles. The molecule has 1 aromatic rings. The van der Waals surface area contributed by atoms with E-state index in [9.17, 15) is 14.0 Å². The van der Waals surface area contributed by atoms with Gasteiger partial charge in [0, 0.05) is 6.07 Å². The van der Waals surface area contributed by atoms with Crippen LogP contribution >= 0.6 is 0 Å². The van der Waals surface area contributed by atoms with E-state index >= 15 is 0 Å². The Morgan fingerprint density at radius 2 is 2.22 bits per heavy atom. The first-order chi connectivity index (χ1) is 8.49. The van der Waals surface area contributed by atoms with E-state index in [1.165, 1.54) is 25.1 Å².